The third-order valence-electron chi connectivity index (χ3n) is 4.44. The summed E-state index contributed by atoms with van der Waals surface area (Å²) in [5, 5.41) is 12.1. The molecule has 2 N–H and O–H groups in total. The van der Waals surface area contributed by atoms with Crippen LogP contribution < -0.4 is 5.32 Å². The van der Waals surface area contributed by atoms with Crippen LogP contribution in [0, 0.1) is 11.3 Å². The summed E-state index contributed by atoms with van der Waals surface area (Å²) >= 11 is 0. The molecule has 1 fully saturated rings. The number of nitrogens with one attached hydrogen (secondary N) is 1. The minimum Gasteiger partial charge on any atom is -0.480 e. The number of carbonyl (C=O) groups excluding carboxylic acids is 1. The van der Waals surface area contributed by atoms with E-state index in [1.165, 1.54) is 0 Å². The van der Waals surface area contributed by atoms with Gasteiger partial charge >= 0.3 is 5.97 Å². The summed E-state index contributed by atoms with van der Waals surface area (Å²) in [5.74, 6) is -1.11. The topological polar surface area (TPSA) is 66.4 Å². The Bertz CT molecular complexity index is 351. The first-order chi connectivity index (χ1) is 8.73. The van der Waals surface area contributed by atoms with Crippen molar-refractivity contribution < 1.29 is 14.7 Å². The molecule has 2 unspecified atom stereocenters. The summed E-state index contributed by atoms with van der Waals surface area (Å²) < 4.78 is 0. The Kier molecular flexibility index (Phi) is 4.99. The Morgan fingerprint density at radius 1 is 1.37 bits per heavy atom. The molecule has 0 spiro atoms. The summed E-state index contributed by atoms with van der Waals surface area (Å²) in [4.78, 5) is 23.8. The van der Waals surface area contributed by atoms with Crippen LogP contribution in [0.2, 0.25) is 0 Å². The number of carbonyl (C=O) groups is 2. The minimum absolute atomic E-state index is 0.0338. The van der Waals surface area contributed by atoms with Crippen LogP contribution >= 0.6 is 0 Å². The Morgan fingerprint density at radius 3 is 2.47 bits per heavy atom. The van der Waals surface area contributed by atoms with Gasteiger partial charge in [-0.3, -0.25) is 4.79 Å². The summed E-state index contributed by atoms with van der Waals surface area (Å²) in [5.41, 5.74) is -1.17. The zero-order chi connectivity index (χ0) is 14.7. The summed E-state index contributed by atoms with van der Waals surface area (Å²) in [6.07, 6.45) is 5.29. The van der Waals surface area contributed by atoms with Gasteiger partial charge in [0.15, 0.2) is 0 Å². The second-order valence-corrected chi connectivity index (χ2v) is 6.66. The van der Waals surface area contributed by atoms with E-state index >= 15 is 0 Å². The quantitative estimate of drug-likeness (QED) is 0.806. The summed E-state index contributed by atoms with van der Waals surface area (Å²) in [6, 6.07) is 0. The molecule has 1 amide bonds. The van der Waals surface area contributed by atoms with Crippen molar-refractivity contribution in [2.45, 2.75) is 71.8 Å². The van der Waals surface area contributed by atoms with E-state index < -0.39 is 11.5 Å². The van der Waals surface area contributed by atoms with E-state index in [0.717, 1.165) is 32.1 Å². The molecule has 0 aromatic carbocycles. The lowest BCUT2D eigenvalue weighted by atomic mass is 9.68. The van der Waals surface area contributed by atoms with Gasteiger partial charge in [0, 0.05) is 5.92 Å². The number of carboxylic acids is 1. The van der Waals surface area contributed by atoms with Crippen molar-refractivity contribution in [2.75, 3.05) is 0 Å². The van der Waals surface area contributed by atoms with Crippen LogP contribution in [0.4, 0.5) is 0 Å². The number of amides is 1. The molecule has 4 heteroatoms. The molecule has 0 aliphatic heterocycles. The lowest BCUT2D eigenvalue weighted by Gasteiger charge is -2.39. The lowest BCUT2D eigenvalue weighted by Crippen LogP contribution is -2.55. The SMILES string of the molecule is CCCC(C)(NC(=O)C1CCCCC1(C)C)C(=O)O. The van der Waals surface area contributed by atoms with Gasteiger partial charge in [-0.15, -0.1) is 0 Å². The molecule has 1 rings (SSSR count). The maximum atomic E-state index is 12.4. The Hall–Kier alpha value is -1.06. The molecule has 1 aliphatic rings. The maximum Gasteiger partial charge on any atom is 0.329 e. The number of carboxylic acid groups (broad SMARTS) is 1. The summed E-state index contributed by atoms with van der Waals surface area (Å²) in [7, 11) is 0. The van der Waals surface area contributed by atoms with Gasteiger partial charge in [0.25, 0.3) is 0 Å². The van der Waals surface area contributed by atoms with Gasteiger partial charge in [0.1, 0.15) is 5.54 Å². The van der Waals surface area contributed by atoms with E-state index in [1.807, 2.05) is 6.92 Å². The van der Waals surface area contributed by atoms with E-state index in [9.17, 15) is 14.7 Å². The molecule has 0 saturated heterocycles. The van der Waals surface area contributed by atoms with E-state index in [-0.39, 0.29) is 17.2 Å². The average Bonchev–Trinajstić information content (AvgIpc) is 2.28. The maximum absolute atomic E-state index is 12.4. The van der Waals surface area contributed by atoms with Gasteiger partial charge in [-0.2, -0.15) is 0 Å². The molecule has 0 aromatic heterocycles. The molecule has 4 nitrogen and oxygen atoms in total. The third kappa shape index (κ3) is 3.71. The van der Waals surface area contributed by atoms with Crippen LogP contribution in [-0.2, 0) is 9.59 Å². The number of rotatable bonds is 5. The van der Waals surface area contributed by atoms with Crippen molar-refractivity contribution >= 4 is 11.9 Å². The standard InChI is InChI=1S/C15H27NO3/c1-5-9-15(4,13(18)19)16-12(17)11-8-6-7-10-14(11,2)3/h11H,5-10H2,1-4H3,(H,16,17)(H,18,19). The molecule has 0 radical (unpaired) electrons. The van der Waals surface area contributed by atoms with Gasteiger partial charge in [-0.1, -0.05) is 40.0 Å². The highest BCUT2D eigenvalue weighted by molar-refractivity contribution is 5.88. The van der Waals surface area contributed by atoms with E-state index in [2.05, 4.69) is 19.2 Å². The molecule has 110 valence electrons. The highest BCUT2D eigenvalue weighted by Crippen LogP contribution is 2.40. The van der Waals surface area contributed by atoms with Gasteiger partial charge in [0.05, 0.1) is 0 Å². The normalized spacial score (nSPS) is 25.4. The van der Waals surface area contributed by atoms with Crippen LogP contribution in [-0.4, -0.2) is 22.5 Å². The Labute approximate surface area is 116 Å². The zero-order valence-corrected chi connectivity index (χ0v) is 12.6. The van der Waals surface area contributed by atoms with E-state index in [4.69, 9.17) is 0 Å². The van der Waals surface area contributed by atoms with Crippen molar-refractivity contribution in [3.8, 4) is 0 Å². The molecule has 0 bridgehead atoms. The Balaban J connectivity index is 2.79. The number of hydrogen-bond acceptors (Lipinski definition) is 2. The summed E-state index contributed by atoms with van der Waals surface area (Å²) in [6.45, 7) is 7.74. The van der Waals surface area contributed by atoms with Crippen molar-refractivity contribution in [1.82, 2.24) is 5.32 Å². The van der Waals surface area contributed by atoms with Crippen molar-refractivity contribution in [3.63, 3.8) is 0 Å². The third-order valence-corrected chi connectivity index (χ3v) is 4.44. The second kappa shape index (κ2) is 5.93. The van der Waals surface area contributed by atoms with Gasteiger partial charge in [-0.05, 0) is 31.6 Å². The fraction of sp³-hybridized carbons (Fsp3) is 0.867. The van der Waals surface area contributed by atoms with Crippen LogP contribution in [0.15, 0.2) is 0 Å². The first kappa shape index (κ1) is 16.0. The zero-order valence-electron chi connectivity index (χ0n) is 12.6. The average molecular weight is 269 g/mol. The second-order valence-electron chi connectivity index (χ2n) is 6.66. The van der Waals surface area contributed by atoms with Gasteiger partial charge in [0.2, 0.25) is 5.91 Å². The van der Waals surface area contributed by atoms with Crippen molar-refractivity contribution in [3.05, 3.63) is 0 Å². The minimum atomic E-state index is -1.14. The van der Waals surface area contributed by atoms with E-state index in [1.54, 1.807) is 6.92 Å². The predicted molar refractivity (Wildman–Crippen MR) is 74.8 cm³/mol. The van der Waals surface area contributed by atoms with Crippen LogP contribution in [0.25, 0.3) is 0 Å². The van der Waals surface area contributed by atoms with Gasteiger partial charge < -0.3 is 10.4 Å². The largest absolute Gasteiger partial charge is 0.480 e. The van der Waals surface area contributed by atoms with Crippen molar-refractivity contribution in [1.29, 1.82) is 0 Å². The first-order valence-corrected chi connectivity index (χ1v) is 7.28. The van der Waals surface area contributed by atoms with E-state index in [0.29, 0.717) is 6.42 Å². The highest BCUT2D eigenvalue weighted by Gasteiger charge is 2.41. The van der Waals surface area contributed by atoms with Crippen LogP contribution in [0.5, 0.6) is 0 Å². The molecular formula is C15H27NO3. The van der Waals surface area contributed by atoms with Crippen molar-refractivity contribution in [2.24, 2.45) is 11.3 Å². The fourth-order valence-electron chi connectivity index (χ4n) is 3.06. The lowest BCUT2D eigenvalue weighted by molar-refractivity contribution is -0.149. The predicted octanol–water partition coefficient (Wildman–Crippen LogP) is 2.96. The van der Waals surface area contributed by atoms with Gasteiger partial charge in [-0.25, -0.2) is 4.79 Å². The highest BCUT2D eigenvalue weighted by atomic mass is 16.4. The fourth-order valence-corrected chi connectivity index (χ4v) is 3.06. The number of aliphatic carboxylic acids is 1. The molecule has 0 aromatic rings. The number of hydrogen-bond donors (Lipinski definition) is 2. The smallest absolute Gasteiger partial charge is 0.329 e. The molecule has 2 atom stereocenters. The molecular weight excluding hydrogens is 242 g/mol. The monoisotopic (exact) mass is 269 g/mol. The van der Waals surface area contributed by atoms with Crippen LogP contribution in [0.3, 0.4) is 0 Å². The Morgan fingerprint density at radius 2 is 2.00 bits per heavy atom. The molecule has 1 aliphatic carbocycles. The van der Waals surface area contributed by atoms with Crippen LogP contribution in [0.1, 0.15) is 66.2 Å². The molecule has 0 heterocycles. The molecule has 19 heavy (non-hydrogen) atoms. The first-order valence-electron chi connectivity index (χ1n) is 7.28. The molecule has 1 saturated carbocycles.